The van der Waals surface area contributed by atoms with Crippen LogP contribution in [0.1, 0.15) is 11.7 Å². The predicted octanol–water partition coefficient (Wildman–Crippen LogP) is 0.401. The monoisotopic (exact) mass is 213 g/mol. The van der Waals surface area contributed by atoms with E-state index in [0.29, 0.717) is 17.1 Å². The molecule has 15 heavy (non-hydrogen) atoms. The Kier molecular flexibility index (Phi) is 3.76. The first-order valence-electron chi connectivity index (χ1n) is 4.47. The maximum absolute atomic E-state index is 9.61. The summed E-state index contributed by atoms with van der Waals surface area (Å²) in [6.45, 7) is 0.0446. The number of methoxy groups -OCH3 is 2. The molecule has 0 bridgehead atoms. The van der Waals surface area contributed by atoms with E-state index in [0.717, 1.165) is 0 Å². The second-order valence-electron chi connectivity index (χ2n) is 3.02. The van der Waals surface area contributed by atoms with Crippen molar-refractivity contribution in [3.63, 3.8) is 0 Å². The van der Waals surface area contributed by atoms with Gasteiger partial charge in [-0.3, -0.25) is 0 Å². The zero-order chi connectivity index (χ0) is 11.4. The van der Waals surface area contributed by atoms with Crippen molar-refractivity contribution in [3.8, 4) is 17.2 Å². The first kappa shape index (κ1) is 11.6. The smallest absolute Gasteiger partial charge is 0.166 e. The molecule has 4 N–H and O–H groups in total. The number of nitrogens with two attached hydrogens (primary N) is 1. The molecule has 1 atom stereocenters. The second-order valence-corrected chi connectivity index (χ2v) is 3.02. The Morgan fingerprint density at radius 3 is 2.47 bits per heavy atom. The fraction of sp³-hybridized carbons (Fsp3) is 0.400. The minimum absolute atomic E-state index is 0.00449. The van der Waals surface area contributed by atoms with Crippen molar-refractivity contribution in [1.82, 2.24) is 0 Å². The molecule has 1 aromatic rings. The first-order valence-corrected chi connectivity index (χ1v) is 4.47. The number of ether oxygens (including phenoxy) is 2. The first-order chi connectivity index (χ1) is 7.13. The highest BCUT2D eigenvalue weighted by atomic mass is 16.5. The Bertz CT molecular complexity index is 340. The Hall–Kier alpha value is -1.46. The van der Waals surface area contributed by atoms with Crippen LogP contribution in [0, 0.1) is 0 Å². The van der Waals surface area contributed by atoms with Crippen LogP contribution < -0.4 is 15.2 Å². The van der Waals surface area contributed by atoms with Gasteiger partial charge in [0.15, 0.2) is 11.5 Å². The summed E-state index contributed by atoms with van der Waals surface area (Å²) >= 11 is 0. The third-order valence-electron chi connectivity index (χ3n) is 2.07. The van der Waals surface area contributed by atoms with Crippen molar-refractivity contribution in [2.45, 2.75) is 6.10 Å². The van der Waals surface area contributed by atoms with Crippen LogP contribution in [-0.2, 0) is 0 Å². The molecule has 0 aliphatic heterocycles. The second kappa shape index (κ2) is 4.86. The number of phenolic OH excluding ortho intramolecular Hbond substituents is 1. The number of benzene rings is 1. The number of rotatable bonds is 4. The summed E-state index contributed by atoms with van der Waals surface area (Å²) in [7, 11) is 2.91. The van der Waals surface area contributed by atoms with Crippen molar-refractivity contribution in [2.75, 3.05) is 20.8 Å². The number of phenols is 1. The van der Waals surface area contributed by atoms with Gasteiger partial charge >= 0.3 is 0 Å². The molecule has 0 fully saturated rings. The van der Waals surface area contributed by atoms with Crippen molar-refractivity contribution in [2.24, 2.45) is 5.73 Å². The lowest BCUT2D eigenvalue weighted by Gasteiger charge is -2.16. The summed E-state index contributed by atoms with van der Waals surface area (Å²) in [6.07, 6.45) is -0.888. The quantitative estimate of drug-likeness (QED) is 0.674. The maximum Gasteiger partial charge on any atom is 0.166 e. The molecule has 0 amide bonds. The molecule has 1 unspecified atom stereocenters. The van der Waals surface area contributed by atoms with Gasteiger partial charge < -0.3 is 25.4 Å². The van der Waals surface area contributed by atoms with Crippen molar-refractivity contribution in [1.29, 1.82) is 0 Å². The standard InChI is InChI=1S/C10H15NO4/c1-14-9-4-6(12)3-7(8(13)5-11)10(9)15-2/h3-4,8,12-13H,5,11H2,1-2H3. The molecule has 0 aromatic heterocycles. The summed E-state index contributed by atoms with van der Waals surface area (Å²) < 4.78 is 10.1. The lowest BCUT2D eigenvalue weighted by molar-refractivity contribution is 0.180. The highest BCUT2D eigenvalue weighted by Crippen LogP contribution is 2.37. The number of aromatic hydroxyl groups is 1. The molecule has 0 saturated carbocycles. The van der Waals surface area contributed by atoms with E-state index in [-0.39, 0.29) is 12.3 Å². The van der Waals surface area contributed by atoms with Crippen LogP contribution in [0.3, 0.4) is 0 Å². The van der Waals surface area contributed by atoms with E-state index >= 15 is 0 Å². The van der Waals surface area contributed by atoms with Crippen LogP contribution >= 0.6 is 0 Å². The van der Waals surface area contributed by atoms with E-state index < -0.39 is 6.10 Å². The molecule has 84 valence electrons. The average Bonchev–Trinajstić information content (AvgIpc) is 2.26. The molecular weight excluding hydrogens is 198 g/mol. The van der Waals surface area contributed by atoms with Gasteiger partial charge in [0.05, 0.1) is 20.3 Å². The Morgan fingerprint density at radius 2 is 2.00 bits per heavy atom. The minimum atomic E-state index is -0.888. The van der Waals surface area contributed by atoms with Crippen molar-refractivity contribution >= 4 is 0 Å². The van der Waals surface area contributed by atoms with Crippen LogP contribution in [0.25, 0.3) is 0 Å². The predicted molar refractivity (Wildman–Crippen MR) is 55.2 cm³/mol. The topological polar surface area (TPSA) is 84.9 Å². The molecule has 0 aliphatic rings. The molecule has 1 aromatic carbocycles. The van der Waals surface area contributed by atoms with E-state index in [1.54, 1.807) is 0 Å². The number of hydrogen-bond donors (Lipinski definition) is 3. The molecule has 1 rings (SSSR count). The SMILES string of the molecule is COc1cc(O)cc(C(O)CN)c1OC. The molecular formula is C10H15NO4. The Morgan fingerprint density at radius 1 is 1.33 bits per heavy atom. The summed E-state index contributed by atoms with van der Waals surface area (Å²) in [5, 5.41) is 19.0. The van der Waals surface area contributed by atoms with E-state index in [2.05, 4.69) is 0 Å². The fourth-order valence-corrected chi connectivity index (χ4v) is 1.35. The molecule has 5 heteroatoms. The van der Waals surface area contributed by atoms with Crippen molar-refractivity contribution in [3.05, 3.63) is 17.7 Å². The Labute approximate surface area is 88.0 Å². The van der Waals surface area contributed by atoms with Crippen LogP contribution in [0.2, 0.25) is 0 Å². The van der Waals surface area contributed by atoms with Gasteiger partial charge in [-0.2, -0.15) is 0 Å². The van der Waals surface area contributed by atoms with Gasteiger partial charge in [-0.05, 0) is 6.07 Å². The minimum Gasteiger partial charge on any atom is -0.508 e. The highest BCUT2D eigenvalue weighted by Gasteiger charge is 2.17. The summed E-state index contributed by atoms with van der Waals surface area (Å²) in [4.78, 5) is 0. The maximum atomic E-state index is 9.61. The summed E-state index contributed by atoms with van der Waals surface area (Å²) in [6, 6.07) is 2.81. The van der Waals surface area contributed by atoms with E-state index in [9.17, 15) is 10.2 Å². The van der Waals surface area contributed by atoms with E-state index in [1.165, 1.54) is 26.4 Å². The van der Waals surface area contributed by atoms with Gasteiger partial charge in [-0.1, -0.05) is 0 Å². The summed E-state index contributed by atoms with van der Waals surface area (Å²) in [5.41, 5.74) is 5.76. The van der Waals surface area contributed by atoms with Gasteiger partial charge in [0.1, 0.15) is 5.75 Å². The summed E-state index contributed by atoms with van der Waals surface area (Å²) in [5.74, 6) is 0.739. The highest BCUT2D eigenvalue weighted by molar-refractivity contribution is 5.52. The largest absolute Gasteiger partial charge is 0.508 e. The molecule has 0 heterocycles. The van der Waals surface area contributed by atoms with Gasteiger partial charge in [-0.15, -0.1) is 0 Å². The average molecular weight is 213 g/mol. The molecule has 0 aliphatic carbocycles. The van der Waals surface area contributed by atoms with Crippen LogP contribution in [-0.4, -0.2) is 31.0 Å². The fourth-order valence-electron chi connectivity index (χ4n) is 1.35. The zero-order valence-corrected chi connectivity index (χ0v) is 8.73. The molecule has 5 nitrogen and oxygen atoms in total. The number of hydrogen-bond acceptors (Lipinski definition) is 5. The number of aliphatic hydroxyl groups excluding tert-OH is 1. The third-order valence-corrected chi connectivity index (χ3v) is 2.07. The van der Waals surface area contributed by atoms with Gasteiger partial charge in [-0.25, -0.2) is 0 Å². The van der Waals surface area contributed by atoms with E-state index in [1.807, 2.05) is 0 Å². The van der Waals surface area contributed by atoms with Crippen LogP contribution in [0.15, 0.2) is 12.1 Å². The van der Waals surface area contributed by atoms with Gasteiger partial charge in [0.2, 0.25) is 0 Å². The van der Waals surface area contributed by atoms with Crippen LogP contribution in [0.4, 0.5) is 0 Å². The Balaban J connectivity index is 3.28. The lowest BCUT2D eigenvalue weighted by Crippen LogP contribution is -2.12. The molecule has 0 radical (unpaired) electrons. The van der Waals surface area contributed by atoms with Crippen LogP contribution in [0.5, 0.6) is 17.2 Å². The lowest BCUT2D eigenvalue weighted by atomic mass is 10.1. The van der Waals surface area contributed by atoms with Gasteiger partial charge in [0.25, 0.3) is 0 Å². The zero-order valence-electron chi connectivity index (χ0n) is 8.73. The number of aliphatic hydroxyl groups is 1. The third kappa shape index (κ3) is 2.31. The normalized spacial score (nSPS) is 12.3. The van der Waals surface area contributed by atoms with Crippen molar-refractivity contribution < 1.29 is 19.7 Å². The van der Waals surface area contributed by atoms with Gasteiger partial charge in [0, 0.05) is 18.2 Å². The molecule has 0 spiro atoms. The molecule has 0 saturated heterocycles. The van der Waals surface area contributed by atoms with E-state index in [4.69, 9.17) is 15.2 Å².